The molecule has 0 bridgehead atoms. The van der Waals surface area contributed by atoms with E-state index in [1.54, 1.807) is 4.90 Å². The summed E-state index contributed by atoms with van der Waals surface area (Å²) in [5, 5.41) is 0. The molecule has 130 valence electrons. The summed E-state index contributed by atoms with van der Waals surface area (Å²) in [6.07, 6.45) is 0. The van der Waals surface area contributed by atoms with E-state index in [4.69, 9.17) is 14.2 Å². The second kappa shape index (κ2) is 6.17. The monoisotopic (exact) mass is 339 g/mol. The van der Waals surface area contributed by atoms with Crippen molar-refractivity contribution >= 4 is 11.6 Å². The maximum Gasteiger partial charge on any atom is 0.292 e. The summed E-state index contributed by atoms with van der Waals surface area (Å²) in [6.45, 7) is 5.69. The second-order valence-electron chi connectivity index (χ2n) is 6.35. The van der Waals surface area contributed by atoms with Crippen LogP contribution in [0.5, 0.6) is 5.75 Å². The maximum absolute atomic E-state index is 13.2. The number of carbonyl (C=O) groups excluding carboxylic acids is 1. The summed E-state index contributed by atoms with van der Waals surface area (Å²) in [4.78, 5) is 14.9. The van der Waals surface area contributed by atoms with Gasteiger partial charge in [0.05, 0.1) is 25.4 Å². The summed E-state index contributed by atoms with van der Waals surface area (Å²) in [5.41, 5.74) is 3.77. The van der Waals surface area contributed by atoms with Crippen LogP contribution in [0.2, 0.25) is 0 Å². The van der Waals surface area contributed by atoms with E-state index in [1.165, 1.54) is 0 Å². The lowest BCUT2D eigenvalue weighted by molar-refractivity contribution is -0.180. The Balaban J connectivity index is 1.63. The highest BCUT2D eigenvalue weighted by Crippen LogP contribution is 2.48. The second-order valence-corrected chi connectivity index (χ2v) is 6.35. The molecule has 2 aromatic rings. The minimum Gasteiger partial charge on any atom is -0.492 e. The van der Waals surface area contributed by atoms with E-state index < -0.39 is 5.79 Å². The molecule has 4 rings (SSSR count). The lowest BCUT2D eigenvalue weighted by Gasteiger charge is -2.22. The van der Waals surface area contributed by atoms with Crippen molar-refractivity contribution in [3.8, 4) is 5.75 Å². The number of para-hydroxylation sites is 1. The first-order chi connectivity index (χ1) is 12.1. The molecule has 5 heteroatoms. The third kappa shape index (κ3) is 2.51. The quantitative estimate of drug-likeness (QED) is 0.859. The molecule has 1 spiro atoms. The zero-order chi connectivity index (χ0) is 17.4. The van der Waals surface area contributed by atoms with Crippen molar-refractivity contribution in [2.75, 3.05) is 31.3 Å². The number of aryl methyl sites for hydroxylation is 2. The van der Waals surface area contributed by atoms with Gasteiger partial charge in [-0.15, -0.1) is 0 Å². The van der Waals surface area contributed by atoms with Crippen LogP contribution in [0.25, 0.3) is 0 Å². The number of carbonyl (C=O) groups is 1. The molecule has 0 unspecified atom stereocenters. The molecule has 1 amide bonds. The molecule has 1 fully saturated rings. The van der Waals surface area contributed by atoms with Crippen LogP contribution in [0.4, 0.5) is 5.69 Å². The molecule has 0 aliphatic carbocycles. The molecule has 0 radical (unpaired) electrons. The third-order valence-corrected chi connectivity index (χ3v) is 4.73. The highest BCUT2D eigenvalue weighted by molar-refractivity contribution is 6.07. The lowest BCUT2D eigenvalue weighted by Crippen LogP contribution is -2.42. The number of anilines is 1. The van der Waals surface area contributed by atoms with Crippen LogP contribution in [0.1, 0.15) is 16.7 Å². The summed E-state index contributed by atoms with van der Waals surface area (Å²) in [7, 11) is 0. The van der Waals surface area contributed by atoms with Gasteiger partial charge in [-0.05, 0) is 37.1 Å². The SMILES string of the molecule is Cc1ccc(C)c2c1N(CCOc1ccccc1)C(=O)C21OCCO1. The van der Waals surface area contributed by atoms with E-state index in [9.17, 15) is 4.79 Å². The number of fused-ring (bicyclic) bond motifs is 2. The Morgan fingerprint density at radius 3 is 2.44 bits per heavy atom. The Morgan fingerprint density at radius 1 is 1.04 bits per heavy atom. The van der Waals surface area contributed by atoms with Crippen LogP contribution in [0.15, 0.2) is 42.5 Å². The van der Waals surface area contributed by atoms with Gasteiger partial charge in [-0.1, -0.05) is 30.3 Å². The molecule has 2 aromatic carbocycles. The first-order valence-corrected chi connectivity index (χ1v) is 8.52. The highest BCUT2D eigenvalue weighted by Gasteiger charge is 2.57. The molecule has 25 heavy (non-hydrogen) atoms. The van der Waals surface area contributed by atoms with Gasteiger partial charge < -0.3 is 19.1 Å². The number of hydrogen-bond acceptors (Lipinski definition) is 4. The Kier molecular flexibility index (Phi) is 3.98. The summed E-state index contributed by atoms with van der Waals surface area (Å²) in [5.74, 6) is -0.648. The zero-order valence-electron chi connectivity index (χ0n) is 14.5. The average molecular weight is 339 g/mol. The predicted molar refractivity (Wildman–Crippen MR) is 93.8 cm³/mol. The van der Waals surface area contributed by atoms with Crippen molar-refractivity contribution in [2.45, 2.75) is 19.6 Å². The molecule has 0 atom stereocenters. The van der Waals surface area contributed by atoms with Crippen LogP contribution < -0.4 is 9.64 Å². The number of rotatable bonds is 4. The Bertz CT molecular complexity index is 797. The molecule has 1 saturated heterocycles. The van der Waals surface area contributed by atoms with Gasteiger partial charge in [-0.2, -0.15) is 0 Å². The van der Waals surface area contributed by atoms with Crippen LogP contribution in [-0.2, 0) is 20.1 Å². The molecule has 2 heterocycles. The molecular formula is C20H21NO4. The molecule has 5 nitrogen and oxygen atoms in total. The smallest absolute Gasteiger partial charge is 0.292 e. The van der Waals surface area contributed by atoms with Gasteiger partial charge in [-0.25, -0.2) is 0 Å². The molecule has 0 N–H and O–H groups in total. The van der Waals surface area contributed by atoms with E-state index in [0.717, 1.165) is 28.1 Å². The minimum absolute atomic E-state index is 0.158. The van der Waals surface area contributed by atoms with Gasteiger partial charge in [0.25, 0.3) is 11.7 Å². The molecule has 2 aliphatic heterocycles. The molecule has 0 saturated carbocycles. The topological polar surface area (TPSA) is 48.0 Å². The Hall–Kier alpha value is -2.37. The van der Waals surface area contributed by atoms with Gasteiger partial charge >= 0.3 is 0 Å². The van der Waals surface area contributed by atoms with Crippen LogP contribution >= 0.6 is 0 Å². The van der Waals surface area contributed by atoms with E-state index in [0.29, 0.717) is 26.4 Å². The van der Waals surface area contributed by atoms with Crippen molar-refractivity contribution in [1.82, 2.24) is 0 Å². The first kappa shape index (κ1) is 16.1. The summed E-state index contributed by atoms with van der Waals surface area (Å²) in [6, 6.07) is 13.6. The van der Waals surface area contributed by atoms with E-state index in [-0.39, 0.29) is 5.91 Å². The molecular weight excluding hydrogens is 318 g/mol. The number of benzene rings is 2. The fourth-order valence-corrected chi connectivity index (χ4v) is 3.61. The standard InChI is InChI=1S/C20H21NO4/c1-14-8-9-15(2)18-17(14)20(24-12-13-25-20)19(22)21(18)10-11-23-16-6-4-3-5-7-16/h3-9H,10-13H2,1-2H3. The van der Waals surface area contributed by atoms with Crippen molar-refractivity contribution in [2.24, 2.45) is 0 Å². The van der Waals surface area contributed by atoms with Gasteiger partial charge in [-0.3, -0.25) is 4.79 Å². The highest BCUT2D eigenvalue weighted by atomic mass is 16.7. The number of ether oxygens (including phenoxy) is 3. The lowest BCUT2D eigenvalue weighted by atomic mass is 9.98. The summed E-state index contributed by atoms with van der Waals surface area (Å²) >= 11 is 0. The van der Waals surface area contributed by atoms with Gasteiger partial charge in [0.1, 0.15) is 12.4 Å². The largest absolute Gasteiger partial charge is 0.492 e. The zero-order valence-corrected chi connectivity index (χ0v) is 14.5. The average Bonchev–Trinajstić information content (AvgIpc) is 3.20. The van der Waals surface area contributed by atoms with Crippen LogP contribution in [0.3, 0.4) is 0 Å². The van der Waals surface area contributed by atoms with Crippen LogP contribution in [-0.4, -0.2) is 32.3 Å². The fourth-order valence-electron chi connectivity index (χ4n) is 3.61. The number of amides is 1. The van der Waals surface area contributed by atoms with Crippen molar-refractivity contribution in [3.05, 3.63) is 59.2 Å². The van der Waals surface area contributed by atoms with E-state index in [2.05, 4.69) is 0 Å². The molecule has 2 aliphatic rings. The molecule has 0 aromatic heterocycles. The van der Waals surface area contributed by atoms with Gasteiger partial charge in [0.15, 0.2) is 0 Å². The Morgan fingerprint density at radius 2 is 1.72 bits per heavy atom. The number of hydrogen-bond donors (Lipinski definition) is 0. The van der Waals surface area contributed by atoms with Crippen molar-refractivity contribution in [3.63, 3.8) is 0 Å². The third-order valence-electron chi connectivity index (χ3n) is 4.73. The van der Waals surface area contributed by atoms with Gasteiger partial charge in [0.2, 0.25) is 0 Å². The maximum atomic E-state index is 13.2. The normalized spacial score (nSPS) is 18.0. The minimum atomic E-state index is -1.28. The van der Waals surface area contributed by atoms with Crippen molar-refractivity contribution < 1.29 is 19.0 Å². The van der Waals surface area contributed by atoms with Gasteiger partial charge in [0, 0.05) is 5.56 Å². The predicted octanol–water partition coefficient (Wildman–Crippen LogP) is 2.93. The summed E-state index contributed by atoms with van der Waals surface area (Å²) < 4.78 is 17.4. The van der Waals surface area contributed by atoms with E-state index >= 15 is 0 Å². The number of nitrogens with zero attached hydrogens (tertiary/aromatic N) is 1. The fraction of sp³-hybridized carbons (Fsp3) is 0.350. The van der Waals surface area contributed by atoms with Crippen LogP contribution in [0, 0.1) is 13.8 Å². The first-order valence-electron chi connectivity index (χ1n) is 8.52. The van der Waals surface area contributed by atoms with E-state index in [1.807, 2.05) is 56.3 Å². The Labute approximate surface area is 147 Å². The van der Waals surface area contributed by atoms with Crippen molar-refractivity contribution in [1.29, 1.82) is 0 Å².